The van der Waals surface area contributed by atoms with E-state index < -0.39 is 26.4 Å². The number of rotatable bonds is 6. The number of halogens is 2. The zero-order chi connectivity index (χ0) is 19.4. The molecule has 0 saturated carbocycles. The van der Waals surface area contributed by atoms with E-state index in [4.69, 9.17) is 9.47 Å². The third-order valence-electron chi connectivity index (χ3n) is 3.99. The smallest absolute Gasteiger partial charge is 0.341 e. The van der Waals surface area contributed by atoms with Crippen molar-refractivity contribution in [2.75, 3.05) is 19.8 Å². The van der Waals surface area contributed by atoms with Crippen molar-refractivity contribution in [3.05, 3.63) is 53.6 Å². The summed E-state index contributed by atoms with van der Waals surface area (Å²) in [5, 5.41) is 2.70. The van der Waals surface area contributed by atoms with Crippen LogP contribution in [0.2, 0.25) is 0 Å². The SMILES string of the molecule is O=C(NCCc1ccc2c(c1)OCCO2)c1ccc(S(=O)(=O)C(F)F)cc1. The second-order valence-electron chi connectivity index (χ2n) is 5.81. The van der Waals surface area contributed by atoms with Gasteiger partial charge in [0, 0.05) is 12.1 Å². The summed E-state index contributed by atoms with van der Waals surface area (Å²) in [6.07, 6.45) is 0.556. The number of nitrogens with one attached hydrogen (secondary N) is 1. The standard InChI is InChI=1S/C18H17F2NO5S/c19-18(20)27(23,24)14-4-2-13(3-5-14)17(22)21-8-7-12-1-6-15-16(11-12)26-10-9-25-15/h1-6,11,18H,7-10H2,(H,21,22). The van der Waals surface area contributed by atoms with Crippen LogP contribution in [0.5, 0.6) is 11.5 Å². The summed E-state index contributed by atoms with van der Waals surface area (Å²) in [4.78, 5) is 11.6. The van der Waals surface area contributed by atoms with Crippen LogP contribution in [-0.2, 0) is 16.3 Å². The number of benzene rings is 2. The zero-order valence-corrected chi connectivity index (χ0v) is 15.0. The van der Waals surface area contributed by atoms with Gasteiger partial charge in [-0.05, 0) is 48.4 Å². The molecule has 9 heteroatoms. The van der Waals surface area contributed by atoms with Crippen LogP contribution in [0.3, 0.4) is 0 Å². The molecule has 1 aliphatic heterocycles. The maximum absolute atomic E-state index is 12.5. The molecule has 0 aliphatic carbocycles. The first-order valence-corrected chi connectivity index (χ1v) is 9.71. The second kappa shape index (κ2) is 7.91. The highest BCUT2D eigenvalue weighted by molar-refractivity contribution is 7.91. The third kappa shape index (κ3) is 4.36. The van der Waals surface area contributed by atoms with Gasteiger partial charge in [-0.3, -0.25) is 4.79 Å². The van der Waals surface area contributed by atoms with Crippen LogP contribution in [0.4, 0.5) is 8.78 Å². The number of fused-ring (bicyclic) bond motifs is 1. The number of hydrogen-bond donors (Lipinski definition) is 1. The molecule has 2 aromatic carbocycles. The normalized spacial score (nSPS) is 13.4. The molecule has 144 valence electrons. The Hall–Kier alpha value is -2.68. The van der Waals surface area contributed by atoms with Gasteiger partial charge in [-0.2, -0.15) is 8.78 Å². The molecule has 0 spiro atoms. The maximum atomic E-state index is 12.5. The summed E-state index contributed by atoms with van der Waals surface area (Å²) >= 11 is 0. The Labute approximate surface area is 155 Å². The lowest BCUT2D eigenvalue weighted by molar-refractivity contribution is 0.0954. The largest absolute Gasteiger partial charge is 0.486 e. The molecule has 6 nitrogen and oxygen atoms in total. The van der Waals surface area contributed by atoms with Gasteiger partial charge in [0.2, 0.25) is 9.84 Å². The predicted molar refractivity (Wildman–Crippen MR) is 93.1 cm³/mol. The lowest BCUT2D eigenvalue weighted by atomic mass is 10.1. The van der Waals surface area contributed by atoms with Crippen molar-refractivity contribution in [1.82, 2.24) is 5.32 Å². The molecule has 0 saturated heterocycles. The summed E-state index contributed by atoms with van der Waals surface area (Å²) in [5.74, 6) is -2.56. The van der Waals surface area contributed by atoms with Gasteiger partial charge in [0.05, 0.1) is 4.90 Å². The molecule has 3 rings (SSSR count). The molecule has 0 radical (unpaired) electrons. The Morgan fingerprint density at radius 2 is 1.70 bits per heavy atom. The average Bonchev–Trinajstić information content (AvgIpc) is 2.67. The third-order valence-corrected chi connectivity index (χ3v) is 5.38. The topological polar surface area (TPSA) is 81.7 Å². The van der Waals surface area contributed by atoms with E-state index in [1.807, 2.05) is 18.2 Å². The van der Waals surface area contributed by atoms with E-state index in [0.717, 1.165) is 17.7 Å². The van der Waals surface area contributed by atoms with Gasteiger partial charge in [0.15, 0.2) is 11.5 Å². The van der Waals surface area contributed by atoms with E-state index in [0.29, 0.717) is 37.7 Å². The molecule has 2 aromatic rings. The van der Waals surface area contributed by atoms with E-state index in [1.54, 1.807) is 0 Å². The minimum absolute atomic E-state index is 0.186. The first-order chi connectivity index (χ1) is 12.9. The molecule has 27 heavy (non-hydrogen) atoms. The number of amides is 1. The molecule has 0 aromatic heterocycles. The monoisotopic (exact) mass is 397 g/mol. The molecule has 1 heterocycles. The van der Waals surface area contributed by atoms with Crippen LogP contribution in [-0.4, -0.2) is 39.8 Å². The quantitative estimate of drug-likeness (QED) is 0.810. The summed E-state index contributed by atoms with van der Waals surface area (Å²) in [6, 6.07) is 9.94. The van der Waals surface area contributed by atoms with Crippen molar-refractivity contribution >= 4 is 15.7 Å². The highest BCUT2D eigenvalue weighted by Crippen LogP contribution is 2.30. The van der Waals surface area contributed by atoms with E-state index in [2.05, 4.69) is 5.32 Å². The lowest BCUT2D eigenvalue weighted by Crippen LogP contribution is -2.25. The maximum Gasteiger partial charge on any atom is 0.341 e. The van der Waals surface area contributed by atoms with Gasteiger partial charge < -0.3 is 14.8 Å². The average molecular weight is 397 g/mol. The number of carbonyl (C=O) groups is 1. The predicted octanol–water partition coefficient (Wildman–Crippen LogP) is 2.43. The number of ether oxygens (including phenoxy) is 2. The second-order valence-corrected chi connectivity index (χ2v) is 7.73. The van der Waals surface area contributed by atoms with Gasteiger partial charge in [-0.1, -0.05) is 6.07 Å². The van der Waals surface area contributed by atoms with Gasteiger partial charge in [0.25, 0.3) is 5.91 Å². The van der Waals surface area contributed by atoms with Crippen LogP contribution < -0.4 is 14.8 Å². The van der Waals surface area contributed by atoms with Gasteiger partial charge in [0.1, 0.15) is 13.2 Å². The van der Waals surface area contributed by atoms with Gasteiger partial charge in [-0.25, -0.2) is 8.42 Å². The van der Waals surface area contributed by atoms with Crippen LogP contribution in [0.1, 0.15) is 15.9 Å². The number of hydrogen-bond acceptors (Lipinski definition) is 5. The molecular formula is C18H17F2NO5S. The number of carbonyl (C=O) groups excluding carboxylic acids is 1. The van der Waals surface area contributed by atoms with Crippen molar-refractivity contribution in [1.29, 1.82) is 0 Å². The molecule has 0 bridgehead atoms. The molecule has 1 N–H and O–H groups in total. The Kier molecular flexibility index (Phi) is 5.59. The van der Waals surface area contributed by atoms with Crippen LogP contribution in [0.15, 0.2) is 47.4 Å². The highest BCUT2D eigenvalue weighted by atomic mass is 32.2. The van der Waals surface area contributed by atoms with Crippen LogP contribution in [0.25, 0.3) is 0 Å². The summed E-state index contributed by atoms with van der Waals surface area (Å²) in [6.45, 7) is 1.35. The van der Waals surface area contributed by atoms with Gasteiger partial charge >= 0.3 is 5.76 Å². The van der Waals surface area contributed by atoms with Crippen molar-refractivity contribution in [2.24, 2.45) is 0 Å². The molecular weight excluding hydrogens is 380 g/mol. The molecule has 1 amide bonds. The minimum atomic E-state index is -4.67. The number of alkyl halides is 2. The van der Waals surface area contributed by atoms with Crippen molar-refractivity contribution < 1.29 is 31.5 Å². The zero-order valence-electron chi connectivity index (χ0n) is 14.2. The fraction of sp³-hybridized carbons (Fsp3) is 0.278. The fourth-order valence-electron chi connectivity index (χ4n) is 2.56. The molecule has 0 fully saturated rings. The Balaban J connectivity index is 1.56. The fourth-order valence-corrected chi connectivity index (χ4v) is 3.29. The minimum Gasteiger partial charge on any atom is -0.486 e. The Morgan fingerprint density at radius 3 is 2.37 bits per heavy atom. The first kappa shape index (κ1) is 19.1. The molecule has 0 unspecified atom stereocenters. The van der Waals surface area contributed by atoms with E-state index in [1.165, 1.54) is 12.1 Å². The van der Waals surface area contributed by atoms with E-state index in [9.17, 15) is 22.0 Å². The van der Waals surface area contributed by atoms with E-state index in [-0.39, 0.29) is 5.56 Å². The van der Waals surface area contributed by atoms with Crippen molar-refractivity contribution in [2.45, 2.75) is 17.1 Å². The molecule has 1 aliphatic rings. The van der Waals surface area contributed by atoms with Crippen molar-refractivity contribution in [3.63, 3.8) is 0 Å². The Morgan fingerprint density at radius 1 is 1.04 bits per heavy atom. The summed E-state index contributed by atoms with van der Waals surface area (Å²) in [5.41, 5.74) is 1.14. The number of sulfone groups is 1. The van der Waals surface area contributed by atoms with Crippen LogP contribution >= 0.6 is 0 Å². The molecule has 0 atom stereocenters. The summed E-state index contributed by atoms with van der Waals surface area (Å²) < 4.78 is 58.7. The van der Waals surface area contributed by atoms with E-state index >= 15 is 0 Å². The van der Waals surface area contributed by atoms with Crippen LogP contribution in [0, 0.1) is 0 Å². The lowest BCUT2D eigenvalue weighted by Gasteiger charge is -2.18. The Bertz CT molecular complexity index is 929. The highest BCUT2D eigenvalue weighted by Gasteiger charge is 2.26. The summed E-state index contributed by atoms with van der Waals surface area (Å²) in [7, 11) is -4.67. The first-order valence-electron chi connectivity index (χ1n) is 8.17. The van der Waals surface area contributed by atoms with Gasteiger partial charge in [-0.15, -0.1) is 0 Å². The van der Waals surface area contributed by atoms with Crippen molar-refractivity contribution in [3.8, 4) is 11.5 Å².